The van der Waals surface area contributed by atoms with Gasteiger partial charge < -0.3 is 10.2 Å². The van der Waals surface area contributed by atoms with E-state index >= 15 is 0 Å². The molecule has 0 atom stereocenters. The summed E-state index contributed by atoms with van der Waals surface area (Å²) in [5.74, 6) is 0. The molecule has 4 heteroatoms. The summed E-state index contributed by atoms with van der Waals surface area (Å²) in [6, 6.07) is 10.6. The van der Waals surface area contributed by atoms with Crippen molar-refractivity contribution in [3.8, 4) is 0 Å². The minimum absolute atomic E-state index is 0.0234. The van der Waals surface area contributed by atoms with Gasteiger partial charge in [0.25, 0.3) is 0 Å². The molecule has 0 saturated heterocycles. The quantitative estimate of drug-likeness (QED) is 0.877. The van der Waals surface area contributed by atoms with E-state index in [4.69, 9.17) is 0 Å². The van der Waals surface area contributed by atoms with Gasteiger partial charge in [0.15, 0.2) is 0 Å². The monoisotopic (exact) mass is 257 g/mol. The van der Waals surface area contributed by atoms with Crippen LogP contribution in [0.4, 0.5) is 4.79 Å². The molecule has 0 aromatic heterocycles. The van der Waals surface area contributed by atoms with E-state index in [1.54, 1.807) is 4.90 Å². The summed E-state index contributed by atoms with van der Waals surface area (Å²) in [5, 5.41) is 2.92. The van der Waals surface area contributed by atoms with E-state index in [1.165, 1.54) is 16.8 Å². The summed E-state index contributed by atoms with van der Waals surface area (Å²) in [6.07, 6.45) is 0.964. The molecule has 0 aliphatic carbocycles. The normalized spacial score (nSPS) is 20.3. The summed E-state index contributed by atoms with van der Waals surface area (Å²) in [4.78, 5) is 15.8. The maximum Gasteiger partial charge on any atom is 0.321 e. The largest absolute Gasteiger partial charge is 0.334 e. The summed E-state index contributed by atoms with van der Waals surface area (Å²) >= 11 is 0. The van der Waals surface area contributed by atoms with Gasteiger partial charge in [0.05, 0.1) is 0 Å². The Balaban J connectivity index is 1.70. The number of amides is 2. The maximum atomic E-state index is 11.6. The van der Waals surface area contributed by atoms with Crippen molar-refractivity contribution in [1.82, 2.24) is 15.1 Å². The fraction of sp³-hybridized carbons (Fsp3) is 0.400. The molecule has 0 fully saturated rings. The Labute approximate surface area is 113 Å². The number of hydrogen-bond donors (Lipinski definition) is 1. The van der Waals surface area contributed by atoms with Crippen LogP contribution < -0.4 is 5.32 Å². The molecule has 0 bridgehead atoms. The van der Waals surface area contributed by atoms with Crippen LogP contribution in [0.15, 0.2) is 41.6 Å². The average molecular weight is 257 g/mol. The highest BCUT2D eigenvalue weighted by atomic mass is 16.2. The first-order valence-electron chi connectivity index (χ1n) is 6.73. The zero-order valence-corrected chi connectivity index (χ0v) is 11.2. The van der Waals surface area contributed by atoms with Crippen molar-refractivity contribution in [2.75, 3.05) is 26.7 Å². The van der Waals surface area contributed by atoms with E-state index in [0.29, 0.717) is 6.54 Å². The number of rotatable bonds is 2. The fourth-order valence-electron chi connectivity index (χ4n) is 2.84. The van der Waals surface area contributed by atoms with Crippen LogP contribution in [-0.4, -0.2) is 42.5 Å². The van der Waals surface area contributed by atoms with Crippen molar-refractivity contribution >= 4 is 6.03 Å². The standard InChI is InChI=1S/C15H19N3O/c1-17-14-7-8-18(10-12-5-3-2-4-6-12)11-13(14)9-16-15(17)19/h2-6H,7-11H2,1H3,(H,16,19). The number of hydrogen-bond acceptors (Lipinski definition) is 2. The minimum Gasteiger partial charge on any atom is -0.334 e. The smallest absolute Gasteiger partial charge is 0.321 e. The Morgan fingerprint density at radius 3 is 2.84 bits per heavy atom. The summed E-state index contributed by atoms with van der Waals surface area (Å²) in [5.41, 5.74) is 3.91. The predicted molar refractivity (Wildman–Crippen MR) is 74.5 cm³/mol. The number of carbonyl (C=O) groups excluding carboxylic acids is 1. The van der Waals surface area contributed by atoms with Gasteiger partial charge in [-0.05, 0) is 11.1 Å². The molecule has 1 aromatic rings. The lowest BCUT2D eigenvalue weighted by Gasteiger charge is -2.37. The molecule has 0 unspecified atom stereocenters. The zero-order chi connectivity index (χ0) is 13.2. The van der Waals surface area contributed by atoms with Crippen LogP contribution in [0.3, 0.4) is 0 Å². The van der Waals surface area contributed by atoms with Crippen molar-refractivity contribution in [2.45, 2.75) is 13.0 Å². The predicted octanol–water partition coefficient (Wildman–Crippen LogP) is 1.80. The van der Waals surface area contributed by atoms with Crippen LogP contribution in [0, 0.1) is 0 Å². The fourth-order valence-corrected chi connectivity index (χ4v) is 2.84. The Hall–Kier alpha value is -1.81. The van der Waals surface area contributed by atoms with Crippen molar-refractivity contribution < 1.29 is 4.79 Å². The molecule has 2 aliphatic heterocycles. The first-order valence-corrected chi connectivity index (χ1v) is 6.73. The molecule has 2 heterocycles. The van der Waals surface area contributed by atoms with Crippen LogP contribution in [-0.2, 0) is 6.54 Å². The lowest BCUT2D eigenvalue weighted by Crippen LogP contribution is -2.48. The third-order valence-electron chi connectivity index (χ3n) is 3.90. The van der Waals surface area contributed by atoms with Crippen molar-refractivity contribution in [1.29, 1.82) is 0 Å². The number of nitrogens with zero attached hydrogens (tertiary/aromatic N) is 2. The number of urea groups is 1. The molecule has 19 heavy (non-hydrogen) atoms. The second kappa shape index (κ2) is 5.05. The molecule has 0 radical (unpaired) electrons. The second-order valence-electron chi connectivity index (χ2n) is 5.21. The Kier molecular flexibility index (Phi) is 3.25. The molecule has 100 valence electrons. The highest BCUT2D eigenvalue weighted by molar-refractivity contribution is 5.78. The zero-order valence-electron chi connectivity index (χ0n) is 11.2. The maximum absolute atomic E-state index is 11.6. The second-order valence-corrected chi connectivity index (χ2v) is 5.21. The van der Waals surface area contributed by atoms with Crippen LogP contribution in [0.5, 0.6) is 0 Å². The van der Waals surface area contributed by atoms with Gasteiger partial charge in [0, 0.05) is 45.3 Å². The summed E-state index contributed by atoms with van der Waals surface area (Å²) in [6.45, 7) is 3.65. The highest BCUT2D eigenvalue weighted by Gasteiger charge is 2.27. The molecule has 4 nitrogen and oxygen atoms in total. The van der Waals surface area contributed by atoms with E-state index < -0.39 is 0 Å². The summed E-state index contributed by atoms with van der Waals surface area (Å²) in [7, 11) is 1.86. The van der Waals surface area contributed by atoms with Gasteiger partial charge in [-0.1, -0.05) is 30.3 Å². The molecule has 0 saturated carbocycles. The SMILES string of the molecule is CN1C(=O)NCC2=C1CCN(Cc1ccccc1)C2. The van der Waals surface area contributed by atoms with Crippen molar-refractivity contribution in [3.05, 3.63) is 47.2 Å². The van der Waals surface area contributed by atoms with E-state index in [9.17, 15) is 4.79 Å². The molecule has 1 aromatic carbocycles. The lowest BCUT2D eigenvalue weighted by molar-refractivity contribution is 0.201. The van der Waals surface area contributed by atoms with Gasteiger partial charge in [-0.15, -0.1) is 0 Å². The van der Waals surface area contributed by atoms with Crippen molar-refractivity contribution in [2.24, 2.45) is 0 Å². The molecule has 2 aliphatic rings. The van der Waals surface area contributed by atoms with Crippen LogP contribution in [0.1, 0.15) is 12.0 Å². The third kappa shape index (κ3) is 2.49. The van der Waals surface area contributed by atoms with Gasteiger partial charge in [-0.3, -0.25) is 4.90 Å². The molecular weight excluding hydrogens is 238 g/mol. The molecule has 3 rings (SSSR count). The number of benzene rings is 1. The Morgan fingerprint density at radius 2 is 2.05 bits per heavy atom. The van der Waals surface area contributed by atoms with Gasteiger partial charge in [-0.2, -0.15) is 0 Å². The van der Waals surface area contributed by atoms with E-state index in [-0.39, 0.29) is 6.03 Å². The minimum atomic E-state index is 0.0234. The van der Waals surface area contributed by atoms with Crippen LogP contribution in [0.2, 0.25) is 0 Å². The third-order valence-corrected chi connectivity index (χ3v) is 3.90. The van der Waals surface area contributed by atoms with Crippen LogP contribution in [0.25, 0.3) is 0 Å². The molecule has 1 N–H and O–H groups in total. The molecular formula is C15H19N3O. The Morgan fingerprint density at radius 1 is 1.26 bits per heavy atom. The number of nitrogens with one attached hydrogen (secondary N) is 1. The van der Waals surface area contributed by atoms with Gasteiger partial charge in [-0.25, -0.2) is 4.79 Å². The van der Waals surface area contributed by atoms with Crippen molar-refractivity contribution in [3.63, 3.8) is 0 Å². The average Bonchev–Trinajstić information content (AvgIpc) is 2.44. The lowest BCUT2D eigenvalue weighted by atomic mass is 10.0. The first-order chi connectivity index (χ1) is 9.24. The van der Waals surface area contributed by atoms with Gasteiger partial charge >= 0.3 is 6.03 Å². The van der Waals surface area contributed by atoms with E-state index in [1.807, 2.05) is 13.1 Å². The highest BCUT2D eigenvalue weighted by Crippen LogP contribution is 2.24. The van der Waals surface area contributed by atoms with Gasteiger partial charge in [0.1, 0.15) is 0 Å². The molecule has 0 spiro atoms. The molecule has 2 amide bonds. The number of carbonyl (C=O) groups is 1. The summed E-state index contributed by atoms with van der Waals surface area (Å²) < 4.78 is 0. The van der Waals surface area contributed by atoms with Crippen LogP contribution >= 0.6 is 0 Å². The topological polar surface area (TPSA) is 35.6 Å². The van der Waals surface area contributed by atoms with E-state index in [0.717, 1.165) is 26.1 Å². The van der Waals surface area contributed by atoms with Gasteiger partial charge in [0.2, 0.25) is 0 Å². The van der Waals surface area contributed by atoms with E-state index in [2.05, 4.69) is 34.5 Å². The first kappa shape index (κ1) is 12.2. The Bertz CT molecular complexity index is 509.